The van der Waals surface area contributed by atoms with Crippen LogP contribution in [0.1, 0.15) is 34.3 Å². The van der Waals surface area contributed by atoms with Gasteiger partial charge >= 0.3 is 5.97 Å². The number of carboxylic acids is 1. The van der Waals surface area contributed by atoms with Crippen LogP contribution in [0.5, 0.6) is 0 Å². The Kier molecular flexibility index (Phi) is 3.27. The first kappa shape index (κ1) is 13.5. The van der Waals surface area contributed by atoms with Crippen LogP contribution in [-0.2, 0) is 23.2 Å². The summed E-state index contributed by atoms with van der Waals surface area (Å²) in [5, 5.41) is 9.15. The highest BCUT2D eigenvalue weighted by Gasteiger charge is 2.33. The van der Waals surface area contributed by atoms with E-state index in [0.29, 0.717) is 13.0 Å². The highest BCUT2D eigenvalue weighted by atomic mass is 32.2. The lowest BCUT2D eigenvalue weighted by atomic mass is 9.95. The van der Waals surface area contributed by atoms with Gasteiger partial charge < -0.3 is 5.11 Å². The minimum Gasteiger partial charge on any atom is -0.478 e. The summed E-state index contributed by atoms with van der Waals surface area (Å²) >= 11 is 0. The van der Waals surface area contributed by atoms with Gasteiger partial charge in [-0.15, -0.1) is 0 Å². The summed E-state index contributed by atoms with van der Waals surface area (Å²) in [7, 11) is -3.46. The maximum atomic E-state index is 12.2. The summed E-state index contributed by atoms with van der Waals surface area (Å²) in [5.41, 5.74) is 1.80. The molecule has 2 N–H and O–H groups in total. The van der Waals surface area contributed by atoms with Crippen molar-refractivity contribution in [2.75, 3.05) is 6.54 Å². The number of nitrogens with one attached hydrogen (secondary N) is 1. The molecule has 0 amide bonds. The lowest BCUT2D eigenvalue weighted by Gasteiger charge is -2.28. The molecule has 1 aliphatic carbocycles. The molecule has 0 saturated heterocycles. The molecule has 2 aliphatic rings. The van der Waals surface area contributed by atoms with E-state index < -0.39 is 16.2 Å². The quantitative estimate of drug-likeness (QED) is 0.858. The second kappa shape index (κ2) is 4.83. The molecule has 1 fully saturated rings. The van der Waals surface area contributed by atoms with E-state index in [1.807, 2.05) is 0 Å². The molecule has 1 aromatic carbocycles. The van der Waals surface area contributed by atoms with Crippen LogP contribution in [-0.4, -0.2) is 36.4 Å². The zero-order valence-corrected chi connectivity index (χ0v) is 11.7. The van der Waals surface area contributed by atoms with Crippen LogP contribution in [0.4, 0.5) is 0 Å². The number of benzene rings is 1. The van der Waals surface area contributed by atoms with Gasteiger partial charge in [0.25, 0.3) is 10.2 Å². The Morgan fingerprint density at radius 2 is 2.10 bits per heavy atom. The third-order valence-corrected chi connectivity index (χ3v) is 5.32. The fraction of sp³-hybridized carbons (Fsp3) is 0.462. The van der Waals surface area contributed by atoms with E-state index in [0.717, 1.165) is 24.0 Å². The first-order valence-electron chi connectivity index (χ1n) is 6.59. The summed E-state index contributed by atoms with van der Waals surface area (Å²) in [5.74, 6) is -0.964. The van der Waals surface area contributed by atoms with Gasteiger partial charge in [-0.25, -0.2) is 4.79 Å². The molecule has 20 heavy (non-hydrogen) atoms. The van der Waals surface area contributed by atoms with Gasteiger partial charge in [-0.05, 0) is 36.5 Å². The van der Waals surface area contributed by atoms with Crippen LogP contribution >= 0.6 is 0 Å². The molecular weight excluding hydrogens is 280 g/mol. The lowest BCUT2D eigenvalue weighted by molar-refractivity contribution is 0.0695. The predicted molar refractivity (Wildman–Crippen MR) is 72.6 cm³/mol. The van der Waals surface area contributed by atoms with Gasteiger partial charge in [-0.2, -0.15) is 17.4 Å². The van der Waals surface area contributed by atoms with E-state index in [2.05, 4.69) is 4.72 Å². The van der Waals surface area contributed by atoms with Gasteiger partial charge in [0.15, 0.2) is 0 Å². The van der Waals surface area contributed by atoms with E-state index in [4.69, 9.17) is 5.11 Å². The molecule has 6 nitrogen and oxygen atoms in total. The molecule has 1 aromatic rings. The fourth-order valence-electron chi connectivity index (χ4n) is 2.48. The third-order valence-electron chi connectivity index (χ3n) is 3.69. The minimum atomic E-state index is -3.46. The Labute approximate surface area is 117 Å². The molecule has 0 atom stereocenters. The molecule has 0 radical (unpaired) electrons. The Hall–Kier alpha value is -1.44. The normalized spacial score (nSPS) is 19.6. The Balaban J connectivity index is 1.85. The molecule has 3 rings (SSSR count). The van der Waals surface area contributed by atoms with E-state index in [1.165, 1.54) is 4.31 Å². The molecule has 1 saturated carbocycles. The van der Waals surface area contributed by atoms with E-state index in [9.17, 15) is 13.2 Å². The Morgan fingerprint density at radius 3 is 2.75 bits per heavy atom. The van der Waals surface area contributed by atoms with Gasteiger partial charge in [-0.3, -0.25) is 0 Å². The first-order valence-corrected chi connectivity index (χ1v) is 8.03. The average molecular weight is 296 g/mol. The molecular formula is C13H16N2O4S. The highest BCUT2D eigenvalue weighted by Crippen LogP contribution is 2.26. The molecule has 7 heteroatoms. The van der Waals surface area contributed by atoms with Crippen molar-refractivity contribution >= 4 is 16.2 Å². The maximum absolute atomic E-state index is 12.2. The zero-order valence-electron chi connectivity index (χ0n) is 10.9. The van der Waals surface area contributed by atoms with Crippen LogP contribution in [0.25, 0.3) is 0 Å². The zero-order chi connectivity index (χ0) is 14.3. The van der Waals surface area contributed by atoms with Crippen LogP contribution < -0.4 is 4.72 Å². The van der Waals surface area contributed by atoms with Crippen molar-refractivity contribution in [3.8, 4) is 0 Å². The van der Waals surface area contributed by atoms with E-state index >= 15 is 0 Å². The lowest BCUT2D eigenvalue weighted by Crippen LogP contribution is -2.44. The van der Waals surface area contributed by atoms with Crippen molar-refractivity contribution in [1.82, 2.24) is 9.03 Å². The number of fused-ring (bicyclic) bond motifs is 1. The third kappa shape index (κ3) is 2.56. The Bertz CT molecular complexity index is 652. The average Bonchev–Trinajstić information content (AvgIpc) is 3.20. The molecule has 1 heterocycles. The Morgan fingerprint density at radius 1 is 1.35 bits per heavy atom. The van der Waals surface area contributed by atoms with E-state index in [-0.39, 0.29) is 18.2 Å². The summed E-state index contributed by atoms with van der Waals surface area (Å²) < 4.78 is 28.4. The highest BCUT2D eigenvalue weighted by molar-refractivity contribution is 7.87. The minimum absolute atomic E-state index is 0.0757. The van der Waals surface area contributed by atoms with Crippen molar-refractivity contribution in [3.63, 3.8) is 0 Å². The van der Waals surface area contributed by atoms with Crippen LogP contribution in [0.2, 0.25) is 0 Å². The first-order chi connectivity index (χ1) is 9.47. The van der Waals surface area contributed by atoms with Crippen LogP contribution in [0.15, 0.2) is 18.2 Å². The predicted octanol–water partition coefficient (Wildman–Crippen LogP) is 0.740. The standard InChI is InChI=1S/C13H16N2O4S/c16-13(17)12-3-1-2-9-8-15(7-6-11(9)12)20(18,19)14-10-4-5-10/h1-3,10,14H,4-8H2,(H,16,17). The van der Waals surface area contributed by atoms with Gasteiger partial charge in [-0.1, -0.05) is 12.1 Å². The maximum Gasteiger partial charge on any atom is 0.335 e. The number of carboxylic acid groups (broad SMARTS) is 1. The van der Waals surface area contributed by atoms with Gasteiger partial charge in [0.05, 0.1) is 5.56 Å². The number of nitrogens with zero attached hydrogens (tertiary/aromatic N) is 1. The smallest absolute Gasteiger partial charge is 0.335 e. The molecule has 0 aromatic heterocycles. The second-order valence-corrected chi connectivity index (χ2v) is 6.93. The van der Waals surface area contributed by atoms with E-state index in [1.54, 1.807) is 18.2 Å². The molecule has 0 unspecified atom stereocenters. The molecule has 108 valence electrons. The van der Waals surface area contributed by atoms with Crippen LogP contribution in [0.3, 0.4) is 0 Å². The summed E-state index contributed by atoms with van der Waals surface area (Å²) in [6.07, 6.45) is 2.23. The summed E-state index contributed by atoms with van der Waals surface area (Å²) in [6.45, 7) is 0.553. The fourth-order valence-corrected chi connectivity index (χ4v) is 3.92. The number of aromatic carboxylic acids is 1. The number of rotatable bonds is 4. The van der Waals surface area contributed by atoms with Gasteiger partial charge in [0.2, 0.25) is 0 Å². The topological polar surface area (TPSA) is 86.7 Å². The molecule has 0 bridgehead atoms. The van der Waals surface area contributed by atoms with Crippen LogP contribution in [0, 0.1) is 0 Å². The van der Waals surface area contributed by atoms with Gasteiger partial charge in [0, 0.05) is 19.1 Å². The molecule has 0 spiro atoms. The monoisotopic (exact) mass is 296 g/mol. The number of carbonyl (C=O) groups is 1. The molecule has 1 aliphatic heterocycles. The van der Waals surface area contributed by atoms with Crippen molar-refractivity contribution in [3.05, 3.63) is 34.9 Å². The van der Waals surface area contributed by atoms with Crippen molar-refractivity contribution < 1.29 is 18.3 Å². The van der Waals surface area contributed by atoms with Crippen molar-refractivity contribution in [2.45, 2.75) is 31.8 Å². The van der Waals surface area contributed by atoms with Crippen molar-refractivity contribution in [1.29, 1.82) is 0 Å². The number of hydrogen-bond donors (Lipinski definition) is 2. The largest absolute Gasteiger partial charge is 0.478 e. The van der Waals surface area contributed by atoms with Gasteiger partial charge in [0.1, 0.15) is 0 Å². The SMILES string of the molecule is O=C(O)c1cccc2c1CCN(S(=O)(=O)NC1CC1)C2. The number of hydrogen-bond acceptors (Lipinski definition) is 3. The summed E-state index contributed by atoms with van der Waals surface area (Å²) in [6, 6.07) is 5.09. The van der Waals surface area contributed by atoms with Crippen molar-refractivity contribution in [2.24, 2.45) is 0 Å². The second-order valence-electron chi connectivity index (χ2n) is 5.23. The summed E-state index contributed by atoms with van der Waals surface area (Å²) in [4.78, 5) is 11.2.